The minimum Gasteiger partial charge on any atom is -0.352 e. The van der Waals surface area contributed by atoms with Crippen LogP contribution >= 0.6 is 35.0 Å². The molecule has 0 bridgehead atoms. The summed E-state index contributed by atoms with van der Waals surface area (Å²) in [5.74, 6) is 1.92. The quantitative estimate of drug-likeness (QED) is 0.194. The number of halogens is 3. The van der Waals surface area contributed by atoms with Crippen molar-refractivity contribution >= 4 is 46.6 Å². The summed E-state index contributed by atoms with van der Waals surface area (Å²) in [4.78, 5) is 18.7. The molecule has 1 atom stereocenters. The van der Waals surface area contributed by atoms with E-state index in [1.807, 2.05) is 36.4 Å². The number of aromatic nitrogens is 3. The summed E-state index contributed by atoms with van der Waals surface area (Å²) < 4.78 is 13.8. The van der Waals surface area contributed by atoms with Crippen LogP contribution in [0.4, 0.5) is 16.0 Å². The van der Waals surface area contributed by atoms with Crippen LogP contribution in [0, 0.1) is 5.82 Å². The van der Waals surface area contributed by atoms with E-state index >= 15 is 0 Å². The molecule has 1 aliphatic heterocycles. The van der Waals surface area contributed by atoms with Crippen LogP contribution in [-0.4, -0.2) is 40.6 Å². The van der Waals surface area contributed by atoms with Crippen molar-refractivity contribution in [3.63, 3.8) is 0 Å². The van der Waals surface area contributed by atoms with Crippen LogP contribution in [0.5, 0.6) is 0 Å². The van der Waals surface area contributed by atoms with Gasteiger partial charge in [-0.3, -0.25) is 0 Å². The zero-order valence-corrected chi connectivity index (χ0v) is 21.9. The van der Waals surface area contributed by atoms with Crippen molar-refractivity contribution in [3.05, 3.63) is 94.4 Å². The van der Waals surface area contributed by atoms with Gasteiger partial charge in [-0.05, 0) is 42.8 Å². The van der Waals surface area contributed by atoms with E-state index in [9.17, 15) is 4.39 Å². The average molecular weight is 540 g/mol. The Hall–Kier alpha value is -2.87. The molecule has 2 aromatic heterocycles. The number of hydrogen-bond donors (Lipinski definition) is 0. The van der Waals surface area contributed by atoms with E-state index in [1.54, 1.807) is 30.1 Å². The minimum atomic E-state index is -0.453. The number of benzene rings is 2. The van der Waals surface area contributed by atoms with E-state index in [4.69, 9.17) is 33.2 Å². The Balaban J connectivity index is 1.44. The number of pyridine rings is 1. The molecular weight excluding hydrogens is 516 g/mol. The van der Waals surface area contributed by atoms with Gasteiger partial charge in [0, 0.05) is 49.3 Å². The van der Waals surface area contributed by atoms with Gasteiger partial charge in [-0.2, -0.15) is 0 Å². The normalized spacial score (nSPS) is 15.8. The van der Waals surface area contributed by atoms with Crippen molar-refractivity contribution in [2.45, 2.75) is 23.9 Å². The molecule has 1 unspecified atom stereocenters. The molecule has 184 valence electrons. The van der Waals surface area contributed by atoms with Gasteiger partial charge in [-0.1, -0.05) is 65.3 Å². The highest BCUT2D eigenvalue weighted by molar-refractivity contribution is 7.98. The maximum Gasteiger partial charge on any atom is 0.190 e. The molecule has 1 aliphatic rings. The van der Waals surface area contributed by atoms with Crippen molar-refractivity contribution < 1.29 is 4.39 Å². The summed E-state index contributed by atoms with van der Waals surface area (Å²) in [5, 5.41) is 1.38. The van der Waals surface area contributed by atoms with Gasteiger partial charge < -0.3 is 9.80 Å². The van der Waals surface area contributed by atoms with E-state index in [-0.39, 0.29) is 11.1 Å². The third-order valence-corrected chi connectivity index (χ3v) is 7.58. The fourth-order valence-corrected chi connectivity index (χ4v) is 5.48. The van der Waals surface area contributed by atoms with Crippen LogP contribution < -0.4 is 9.80 Å². The molecule has 0 spiro atoms. The number of anilines is 2. The monoisotopic (exact) mass is 539 g/mol. The van der Waals surface area contributed by atoms with E-state index in [0.717, 1.165) is 42.6 Å². The van der Waals surface area contributed by atoms with E-state index in [0.29, 0.717) is 15.9 Å². The fourth-order valence-electron chi connectivity index (χ4n) is 4.25. The lowest BCUT2D eigenvalue weighted by molar-refractivity contribution is 0.541. The Morgan fingerprint density at radius 1 is 0.972 bits per heavy atom. The molecule has 5 rings (SSSR count). The van der Waals surface area contributed by atoms with Gasteiger partial charge in [0.2, 0.25) is 0 Å². The molecule has 5 nitrogen and oxygen atoms in total. The second-order valence-corrected chi connectivity index (χ2v) is 10.4. The summed E-state index contributed by atoms with van der Waals surface area (Å²) >= 11 is 14.1. The first kappa shape index (κ1) is 24.8. The lowest BCUT2D eigenvalue weighted by Gasteiger charge is -2.41. The van der Waals surface area contributed by atoms with Gasteiger partial charge in [0.25, 0.3) is 0 Å². The Kier molecular flexibility index (Phi) is 7.60. The summed E-state index contributed by atoms with van der Waals surface area (Å²) in [6.07, 6.45) is 1.76. The van der Waals surface area contributed by atoms with Crippen LogP contribution in [0.1, 0.15) is 12.5 Å². The first-order chi connectivity index (χ1) is 17.5. The van der Waals surface area contributed by atoms with Gasteiger partial charge in [-0.25, -0.2) is 19.3 Å². The molecule has 9 heteroatoms. The largest absolute Gasteiger partial charge is 0.352 e. The first-order valence-electron chi connectivity index (χ1n) is 11.6. The minimum absolute atomic E-state index is 0.0698. The number of rotatable bonds is 6. The highest BCUT2D eigenvalue weighted by Gasteiger charge is 2.27. The Morgan fingerprint density at radius 2 is 1.81 bits per heavy atom. The predicted molar refractivity (Wildman–Crippen MR) is 147 cm³/mol. The van der Waals surface area contributed by atoms with Gasteiger partial charge in [0.05, 0.1) is 15.7 Å². The lowest BCUT2D eigenvalue weighted by Crippen LogP contribution is -2.52. The molecule has 1 fully saturated rings. The van der Waals surface area contributed by atoms with Gasteiger partial charge in [-0.15, -0.1) is 0 Å². The predicted octanol–water partition coefficient (Wildman–Crippen LogP) is 6.99. The number of thioether (sulfide) groups is 1. The molecule has 1 saturated heterocycles. The zero-order chi connectivity index (χ0) is 25.1. The third-order valence-electron chi connectivity index (χ3n) is 6.08. The topological polar surface area (TPSA) is 45.2 Å². The lowest BCUT2D eigenvalue weighted by atomic mass is 10.1. The smallest absolute Gasteiger partial charge is 0.190 e. The average Bonchev–Trinajstić information content (AvgIpc) is 2.90. The summed E-state index contributed by atoms with van der Waals surface area (Å²) in [6.45, 7) is 4.42. The molecule has 0 aliphatic carbocycles. The van der Waals surface area contributed by atoms with Crippen molar-refractivity contribution in [2.75, 3.05) is 29.4 Å². The van der Waals surface area contributed by atoms with Crippen molar-refractivity contribution in [3.8, 4) is 11.3 Å². The van der Waals surface area contributed by atoms with E-state index in [2.05, 4.69) is 33.8 Å². The van der Waals surface area contributed by atoms with Gasteiger partial charge in [0.15, 0.2) is 5.16 Å². The summed E-state index contributed by atoms with van der Waals surface area (Å²) in [7, 11) is 0. The molecule has 2 aromatic carbocycles. The van der Waals surface area contributed by atoms with Crippen molar-refractivity contribution in [2.24, 2.45) is 0 Å². The Morgan fingerprint density at radius 3 is 2.56 bits per heavy atom. The van der Waals surface area contributed by atoms with Crippen LogP contribution in [0.15, 0.2) is 78.1 Å². The van der Waals surface area contributed by atoms with Gasteiger partial charge in [0.1, 0.15) is 17.5 Å². The summed E-state index contributed by atoms with van der Waals surface area (Å²) in [5.41, 5.74) is 2.65. The van der Waals surface area contributed by atoms with Crippen LogP contribution in [0.3, 0.4) is 0 Å². The Bertz CT molecular complexity index is 1360. The second-order valence-electron chi connectivity index (χ2n) is 8.59. The molecular formula is C27H24Cl2FN5S. The van der Waals surface area contributed by atoms with Crippen molar-refractivity contribution in [1.82, 2.24) is 15.0 Å². The number of nitrogens with zero attached hydrogens (tertiary/aromatic N) is 5. The standard InChI is InChI=1S/C27H24Cl2FN5S/c1-18-16-34(26-21(28)8-5-11-31-26)12-13-35(18)25-15-24(20-9-10-23(30)22(29)14-20)32-27(33-25)36-17-19-6-3-2-4-7-19/h2-11,14-15,18H,12-13,16-17H2,1H3. The molecule has 0 saturated carbocycles. The molecule has 3 heterocycles. The van der Waals surface area contributed by atoms with Crippen LogP contribution in [-0.2, 0) is 5.75 Å². The summed E-state index contributed by atoms with van der Waals surface area (Å²) in [6, 6.07) is 20.7. The molecule has 36 heavy (non-hydrogen) atoms. The van der Waals surface area contributed by atoms with Crippen LogP contribution in [0.25, 0.3) is 11.3 Å². The molecule has 0 radical (unpaired) electrons. The Labute approximate surface area is 224 Å². The maximum atomic E-state index is 13.8. The second kappa shape index (κ2) is 11.0. The molecule has 4 aromatic rings. The van der Waals surface area contributed by atoms with E-state index < -0.39 is 5.82 Å². The third kappa shape index (κ3) is 5.59. The number of hydrogen-bond acceptors (Lipinski definition) is 6. The van der Waals surface area contributed by atoms with Gasteiger partial charge >= 0.3 is 0 Å². The maximum absolute atomic E-state index is 13.8. The highest BCUT2D eigenvalue weighted by atomic mass is 35.5. The van der Waals surface area contributed by atoms with E-state index in [1.165, 1.54) is 11.6 Å². The number of piperazine rings is 1. The first-order valence-corrected chi connectivity index (χ1v) is 13.4. The SMILES string of the molecule is CC1CN(c2ncccc2Cl)CCN1c1cc(-c2ccc(F)c(Cl)c2)nc(SCc2ccccc2)n1. The molecule has 0 amide bonds. The fraction of sp³-hybridized carbons (Fsp3) is 0.222. The zero-order valence-electron chi connectivity index (χ0n) is 19.6. The molecule has 0 N–H and O–H groups in total. The highest BCUT2D eigenvalue weighted by Crippen LogP contribution is 2.32. The van der Waals surface area contributed by atoms with Crippen molar-refractivity contribution in [1.29, 1.82) is 0 Å². The van der Waals surface area contributed by atoms with Crippen LogP contribution in [0.2, 0.25) is 10.0 Å².